The highest BCUT2D eigenvalue weighted by molar-refractivity contribution is 7.98. The fraction of sp³-hybridized carbons (Fsp3) is 0.500. The molecule has 0 radical (unpaired) electrons. The minimum Gasteiger partial charge on any atom is -0.383 e. The first-order valence-corrected chi connectivity index (χ1v) is 7.12. The minimum atomic E-state index is 0.776. The second kappa shape index (κ2) is 6.92. The van der Waals surface area contributed by atoms with Gasteiger partial charge in [-0.2, -0.15) is 11.8 Å². The van der Waals surface area contributed by atoms with Crippen molar-refractivity contribution in [2.75, 3.05) is 42.9 Å². The molecule has 1 N–H and O–H groups in total. The van der Waals surface area contributed by atoms with Crippen molar-refractivity contribution in [2.24, 2.45) is 0 Å². The Bertz CT molecular complexity index is 329. The molecule has 0 spiro atoms. The molecule has 0 heterocycles. The number of benzene rings is 1. The normalized spacial score (nSPS) is 10.2. The number of nitrogens with one attached hydrogen (secondary N) is 1. The van der Waals surface area contributed by atoms with E-state index in [9.17, 15) is 0 Å². The number of thioether (sulfide) groups is 1. The van der Waals surface area contributed by atoms with Crippen LogP contribution in [0, 0.1) is 0 Å². The number of anilines is 2. The standard InChI is InChI=1S/C12H19ClN2S/c1-15(2)12-6-5-10(13)9-11(12)14-7-4-8-16-3/h5-6,9,14H,4,7-8H2,1-3H3. The molecule has 1 rings (SSSR count). The van der Waals surface area contributed by atoms with Crippen molar-refractivity contribution >= 4 is 34.7 Å². The van der Waals surface area contributed by atoms with E-state index >= 15 is 0 Å². The fourth-order valence-electron chi connectivity index (χ4n) is 1.48. The van der Waals surface area contributed by atoms with Crippen LogP contribution >= 0.6 is 23.4 Å². The average Bonchev–Trinajstić information content (AvgIpc) is 2.24. The first-order chi connectivity index (χ1) is 7.65. The smallest absolute Gasteiger partial charge is 0.0597 e. The third kappa shape index (κ3) is 4.14. The topological polar surface area (TPSA) is 15.3 Å². The molecule has 0 saturated carbocycles. The molecular weight excluding hydrogens is 240 g/mol. The van der Waals surface area contributed by atoms with Crippen LogP contribution in [0.2, 0.25) is 5.02 Å². The summed E-state index contributed by atoms with van der Waals surface area (Å²) in [5.74, 6) is 1.19. The van der Waals surface area contributed by atoms with Crippen LogP contribution in [0.3, 0.4) is 0 Å². The maximum absolute atomic E-state index is 6.00. The first kappa shape index (κ1) is 13.5. The molecule has 1 aromatic carbocycles. The molecule has 0 aliphatic rings. The van der Waals surface area contributed by atoms with Crippen LogP contribution in [0.15, 0.2) is 18.2 Å². The van der Waals surface area contributed by atoms with E-state index in [1.54, 1.807) is 0 Å². The maximum Gasteiger partial charge on any atom is 0.0597 e. The van der Waals surface area contributed by atoms with Crippen LogP contribution in [0.5, 0.6) is 0 Å². The van der Waals surface area contributed by atoms with Gasteiger partial charge in [-0.3, -0.25) is 0 Å². The number of nitrogens with zero attached hydrogens (tertiary/aromatic N) is 1. The third-order valence-electron chi connectivity index (χ3n) is 2.28. The van der Waals surface area contributed by atoms with Gasteiger partial charge in [-0.15, -0.1) is 0 Å². The van der Waals surface area contributed by atoms with Gasteiger partial charge in [-0.05, 0) is 36.6 Å². The Labute approximate surface area is 107 Å². The highest BCUT2D eigenvalue weighted by Gasteiger charge is 2.04. The van der Waals surface area contributed by atoms with Gasteiger partial charge in [0.1, 0.15) is 0 Å². The van der Waals surface area contributed by atoms with E-state index in [0.717, 1.165) is 17.3 Å². The SMILES string of the molecule is CSCCCNc1cc(Cl)ccc1N(C)C. The van der Waals surface area contributed by atoms with E-state index in [-0.39, 0.29) is 0 Å². The predicted octanol–water partition coefficient (Wildman–Crippen LogP) is 3.57. The quantitative estimate of drug-likeness (QED) is 0.786. The lowest BCUT2D eigenvalue weighted by Crippen LogP contribution is -2.13. The lowest BCUT2D eigenvalue weighted by molar-refractivity contribution is 0.989. The zero-order chi connectivity index (χ0) is 12.0. The molecule has 0 bridgehead atoms. The summed E-state index contributed by atoms with van der Waals surface area (Å²) < 4.78 is 0. The fourth-order valence-corrected chi connectivity index (χ4v) is 2.08. The van der Waals surface area contributed by atoms with E-state index in [2.05, 4.69) is 16.5 Å². The number of hydrogen-bond donors (Lipinski definition) is 1. The van der Waals surface area contributed by atoms with Crippen LogP contribution in [0.25, 0.3) is 0 Å². The van der Waals surface area contributed by atoms with Gasteiger partial charge in [-0.1, -0.05) is 11.6 Å². The van der Waals surface area contributed by atoms with Gasteiger partial charge in [0, 0.05) is 25.7 Å². The zero-order valence-electron chi connectivity index (χ0n) is 10.1. The van der Waals surface area contributed by atoms with Gasteiger partial charge >= 0.3 is 0 Å². The molecule has 0 aromatic heterocycles. The summed E-state index contributed by atoms with van der Waals surface area (Å²) >= 11 is 7.87. The maximum atomic E-state index is 6.00. The molecule has 4 heteroatoms. The molecule has 0 fully saturated rings. The van der Waals surface area contributed by atoms with Gasteiger partial charge in [0.2, 0.25) is 0 Å². The lowest BCUT2D eigenvalue weighted by Gasteiger charge is -2.18. The van der Waals surface area contributed by atoms with Gasteiger partial charge in [0.05, 0.1) is 11.4 Å². The van der Waals surface area contributed by atoms with Crippen molar-refractivity contribution in [1.29, 1.82) is 0 Å². The van der Waals surface area contributed by atoms with E-state index in [0.29, 0.717) is 0 Å². The number of hydrogen-bond acceptors (Lipinski definition) is 3. The Balaban J connectivity index is 2.65. The summed E-state index contributed by atoms with van der Waals surface area (Å²) in [5, 5.41) is 4.21. The van der Waals surface area contributed by atoms with Crippen molar-refractivity contribution < 1.29 is 0 Å². The predicted molar refractivity (Wildman–Crippen MR) is 77.3 cm³/mol. The second-order valence-corrected chi connectivity index (χ2v) is 5.25. The summed E-state index contributed by atoms with van der Waals surface area (Å²) in [7, 11) is 4.08. The summed E-state index contributed by atoms with van der Waals surface area (Å²) in [6.45, 7) is 0.988. The summed E-state index contributed by atoms with van der Waals surface area (Å²) in [6, 6.07) is 5.94. The van der Waals surface area contributed by atoms with Crippen molar-refractivity contribution in [3.8, 4) is 0 Å². The Kier molecular flexibility index (Phi) is 5.85. The van der Waals surface area contributed by atoms with Gasteiger partial charge in [0.15, 0.2) is 0 Å². The highest BCUT2D eigenvalue weighted by atomic mass is 35.5. The number of rotatable bonds is 6. The van der Waals surface area contributed by atoms with Gasteiger partial charge in [0.25, 0.3) is 0 Å². The first-order valence-electron chi connectivity index (χ1n) is 5.35. The summed E-state index contributed by atoms with van der Waals surface area (Å²) in [4.78, 5) is 2.09. The number of halogens is 1. The summed E-state index contributed by atoms with van der Waals surface area (Å²) in [6.07, 6.45) is 3.30. The molecular formula is C12H19ClN2S. The molecule has 0 atom stereocenters. The van der Waals surface area contributed by atoms with Crippen LogP contribution in [0.4, 0.5) is 11.4 Å². The molecule has 0 amide bonds. The Morgan fingerprint density at radius 2 is 2.12 bits per heavy atom. The third-order valence-corrected chi connectivity index (χ3v) is 3.21. The Hall–Kier alpha value is -0.540. The monoisotopic (exact) mass is 258 g/mol. The van der Waals surface area contributed by atoms with E-state index in [1.807, 2.05) is 44.1 Å². The van der Waals surface area contributed by atoms with E-state index < -0.39 is 0 Å². The molecule has 16 heavy (non-hydrogen) atoms. The van der Waals surface area contributed by atoms with Crippen molar-refractivity contribution in [3.05, 3.63) is 23.2 Å². The van der Waals surface area contributed by atoms with Crippen LogP contribution in [0.1, 0.15) is 6.42 Å². The van der Waals surface area contributed by atoms with Gasteiger partial charge in [-0.25, -0.2) is 0 Å². The molecule has 0 aliphatic carbocycles. The van der Waals surface area contributed by atoms with Gasteiger partial charge < -0.3 is 10.2 Å². The van der Waals surface area contributed by atoms with Crippen molar-refractivity contribution in [3.63, 3.8) is 0 Å². The van der Waals surface area contributed by atoms with Crippen LogP contribution < -0.4 is 10.2 Å². The van der Waals surface area contributed by atoms with Crippen LogP contribution in [-0.2, 0) is 0 Å². The molecule has 0 unspecified atom stereocenters. The average molecular weight is 259 g/mol. The van der Waals surface area contributed by atoms with E-state index in [1.165, 1.54) is 17.9 Å². The molecule has 1 aromatic rings. The largest absolute Gasteiger partial charge is 0.383 e. The zero-order valence-corrected chi connectivity index (χ0v) is 11.7. The Morgan fingerprint density at radius 3 is 2.75 bits per heavy atom. The highest BCUT2D eigenvalue weighted by Crippen LogP contribution is 2.27. The van der Waals surface area contributed by atoms with Crippen molar-refractivity contribution in [2.45, 2.75) is 6.42 Å². The lowest BCUT2D eigenvalue weighted by atomic mass is 10.2. The molecule has 0 aliphatic heterocycles. The Morgan fingerprint density at radius 1 is 1.38 bits per heavy atom. The van der Waals surface area contributed by atoms with Crippen LogP contribution in [-0.4, -0.2) is 32.6 Å². The summed E-state index contributed by atoms with van der Waals surface area (Å²) in [5.41, 5.74) is 2.28. The van der Waals surface area contributed by atoms with Crippen molar-refractivity contribution in [1.82, 2.24) is 0 Å². The van der Waals surface area contributed by atoms with E-state index in [4.69, 9.17) is 11.6 Å². The minimum absolute atomic E-state index is 0.776. The molecule has 0 saturated heterocycles. The second-order valence-electron chi connectivity index (χ2n) is 3.83. The molecule has 2 nitrogen and oxygen atoms in total. The molecule has 90 valence electrons.